The maximum atomic E-state index is 10.6. The van der Waals surface area contributed by atoms with Crippen molar-refractivity contribution in [3.8, 4) is 16.9 Å². The topological polar surface area (TPSA) is 26.3 Å². The van der Waals surface area contributed by atoms with Crippen molar-refractivity contribution < 1.29 is 9.53 Å². The second kappa shape index (κ2) is 6.74. The Hall–Kier alpha value is -2.09. The Kier molecular flexibility index (Phi) is 4.73. The molecule has 19 heavy (non-hydrogen) atoms. The SMILES string of the molecule is CCCCOc1ccc(-c2ccc(C=O)cc2)cc1. The predicted molar refractivity (Wildman–Crippen MR) is 77.7 cm³/mol. The zero-order chi connectivity index (χ0) is 13.5. The predicted octanol–water partition coefficient (Wildman–Crippen LogP) is 4.35. The summed E-state index contributed by atoms with van der Waals surface area (Å²) in [6, 6.07) is 15.6. The van der Waals surface area contributed by atoms with Crippen LogP contribution in [0.5, 0.6) is 5.75 Å². The zero-order valence-electron chi connectivity index (χ0n) is 11.1. The third kappa shape index (κ3) is 3.68. The average molecular weight is 254 g/mol. The molecule has 2 heteroatoms. The van der Waals surface area contributed by atoms with Crippen molar-refractivity contribution in [1.82, 2.24) is 0 Å². The molecule has 0 saturated heterocycles. The number of rotatable bonds is 6. The first kappa shape index (κ1) is 13.3. The van der Waals surface area contributed by atoms with Crippen LogP contribution in [0.2, 0.25) is 0 Å². The highest BCUT2D eigenvalue weighted by Gasteiger charge is 1.99. The number of aldehydes is 1. The standard InChI is InChI=1S/C17H18O2/c1-2-3-12-19-17-10-8-16(9-11-17)15-6-4-14(13-18)5-7-15/h4-11,13H,2-3,12H2,1H3. The van der Waals surface area contributed by atoms with Gasteiger partial charge in [-0.15, -0.1) is 0 Å². The lowest BCUT2D eigenvalue weighted by Gasteiger charge is -2.07. The second-order valence-corrected chi connectivity index (χ2v) is 4.47. The lowest BCUT2D eigenvalue weighted by atomic mass is 10.0. The van der Waals surface area contributed by atoms with Crippen molar-refractivity contribution in [1.29, 1.82) is 0 Å². The molecule has 0 radical (unpaired) electrons. The van der Waals surface area contributed by atoms with Crippen LogP contribution >= 0.6 is 0 Å². The Morgan fingerprint density at radius 3 is 2.05 bits per heavy atom. The molecule has 0 atom stereocenters. The van der Waals surface area contributed by atoms with Gasteiger partial charge in [0.1, 0.15) is 12.0 Å². The van der Waals surface area contributed by atoms with Gasteiger partial charge in [-0.1, -0.05) is 49.7 Å². The Morgan fingerprint density at radius 2 is 1.53 bits per heavy atom. The number of hydrogen-bond acceptors (Lipinski definition) is 2. The van der Waals surface area contributed by atoms with E-state index in [2.05, 4.69) is 6.92 Å². The minimum atomic E-state index is 0.697. The molecule has 0 unspecified atom stereocenters. The van der Waals surface area contributed by atoms with Crippen molar-refractivity contribution >= 4 is 6.29 Å². The molecule has 0 amide bonds. The van der Waals surface area contributed by atoms with Crippen molar-refractivity contribution in [2.75, 3.05) is 6.61 Å². The molecule has 98 valence electrons. The van der Waals surface area contributed by atoms with Gasteiger partial charge in [-0.25, -0.2) is 0 Å². The van der Waals surface area contributed by atoms with Crippen LogP contribution in [-0.4, -0.2) is 12.9 Å². The Morgan fingerprint density at radius 1 is 0.947 bits per heavy atom. The van der Waals surface area contributed by atoms with E-state index in [-0.39, 0.29) is 0 Å². The fourth-order valence-corrected chi connectivity index (χ4v) is 1.83. The normalized spacial score (nSPS) is 10.2. The number of unbranched alkanes of at least 4 members (excludes halogenated alkanes) is 1. The summed E-state index contributed by atoms with van der Waals surface area (Å²) >= 11 is 0. The molecule has 2 rings (SSSR count). The molecule has 0 spiro atoms. The van der Waals surface area contributed by atoms with E-state index in [1.165, 1.54) is 0 Å². The average Bonchev–Trinajstić information content (AvgIpc) is 2.48. The number of carbonyl (C=O) groups excluding carboxylic acids is 1. The second-order valence-electron chi connectivity index (χ2n) is 4.47. The van der Waals surface area contributed by atoms with E-state index in [4.69, 9.17) is 4.74 Å². The molecule has 0 bridgehead atoms. The molecule has 2 aromatic carbocycles. The summed E-state index contributed by atoms with van der Waals surface area (Å²) in [5, 5.41) is 0. The molecule has 0 saturated carbocycles. The van der Waals surface area contributed by atoms with E-state index < -0.39 is 0 Å². The van der Waals surface area contributed by atoms with Crippen LogP contribution in [-0.2, 0) is 0 Å². The van der Waals surface area contributed by atoms with Gasteiger partial charge in [0.05, 0.1) is 6.61 Å². The van der Waals surface area contributed by atoms with E-state index in [0.717, 1.165) is 42.6 Å². The number of hydrogen-bond donors (Lipinski definition) is 0. The molecule has 0 aliphatic heterocycles. The van der Waals surface area contributed by atoms with Crippen molar-refractivity contribution in [3.63, 3.8) is 0 Å². The van der Waals surface area contributed by atoms with E-state index in [0.29, 0.717) is 5.56 Å². The summed E-state index contributed by atoms with van der Waals surface area (Å²) in [6.45, 7) is 2.92. The van der Waals surface area contributed by atoms with Crippen LogP contribution in [0.4, 0.5) is 0 Å². The number of benzene rings is 2. The smallest absolute Gasteiger partial charge is 0.150 e. The molecule has 0 aromatic heterocycles. The first-order valence-corrected chi connectivity index (χ1v) is 6.62. The van der Waals surface area contributed by atoms with E-state index >= 15 is 0 Å². The number of ether oxygens (including phenoxy) is 1. The molecule has 0 heterocycles. The molecule has 2 aromatic rings. The van der Waals surface area contributed by atoms with E-state index in [1.54, 1.807) is 0 Å². The van der Waals surface area contributed by atoms with Crippen LogP contribution in [0.3, 0.4) is 0 Å². The highest BCUT2D eigenvalue weighted by molar-refractivity contribution is 5.76. The van der Waals surface area contributed by atoms with Gasteiger partial charge in [-0.2, -0.15) is 0 Å². The summed E-state index contributed by atoms with van der Waals surface area (Å²) in [5.74, 6) is 0.904. The summed E-state index contributed by atoms with van der Waals surface area (Å²) in [7, 11) is 0. The highest BCUT2D eigenvalue weighted by atomic mass is 16.5. The fourth-order valence-electron chi connectivity index (χ4n) is 1.83. The summed E-state index contributed by atoms with van der Waals surface area (Å²) < 4.78 is 5.63. The van der Waals surface area contributed by atoms with Crippen LogP contribution in [0.1, 0.15) is 30.1 Å². The maximum absolute atomic E-state index is 10.6. The van der Waals surface area contributed by atoms with Gasteiger partial charge >= 0.3 is 0 Å². The van der Waals surface area contributed by atoms with Gasteiger partial charge < -0.3 is 4.74 Å². The van der Waals surface area contributed by atoms with Crippen molar-refractivity contribution in [2.45, 2.75) is 19.8 Å². The molecular formula is C17H18O2. The van der Waals surface area contributed by atoms with Crippen molar-refractivity contribution in [3.05, 3.63) is 54.1 Å². The number of carbonyl (C=O) groups is 1. The lowest BCUT2D eigenvalue weighted by Crippen LogP contribution is -1.95. The molecular weight excluding hydrogens is 236 g/mol. The van der Waals surface area contributed by atoms with Crippen LogP contribution < -0.4 is 4.74 Å². The highest BCUT2D eigenvalue weighted by Crippen LogP contribution is 2.22. The van der Waals surface area contributed by atoms with Crippen LogP contribution in [0.15, 0.2) is 48.5 Å². The summed E-state index contributed by atoms with van der Waals surface area (Å²) in [5.41, 5.74) is 2.93. The van der Waals surface area contributed by atoms with Gasteiger partial charge in [0.15, 0.2) is 0 Å². The van der Waals surface area contributed by atoms with Gasteiger partial charge in [0, 0.05) is 5.56 Å². The Labute approximate surface area is 114 Å². The first-order valence-electron chi connectivity index (χ1n) is 6.62. The summed E-state index contributed by atoms with van der Waals surface area (Å²) in [4.78, 5) is 10.6. The fraction of sp³-hybridized carbons (Fsp3) is 0.235. The first-order chi connectivity index (χ1) is 9.33. The quantitative estimate of drug-likeness (QED) is 0.566. The van der Waals surface area contributed by atoms with Gasteiger partial charge in [-0.05, 0) is 29.7 Å². The van der Waals surface area contributed by atoms with Gasteiger partial charge in [0.2, 0.25) is 0 Å². The summed E-state index contributed by atoms with van der Waals surface area (Å²) in [6.07, 6.45) is 3.07. The van der Waals surface area contributed by atoms with E-state index in [9.17, 15) is 4.79 Å². The molecule has 2 nitrogen and oxygen atoms in total. The minimum absolute atomic E-state index is 0.697. The van der Waals surface area contributed by atoms with E-state index in [1.807, 2.05) is 48.5 Å². The van der Waals surface area contributed by atoms with Gasteiger partial charge in [-0.3, -0.25) is 4.79 Å². The largest absolute Gasteiger partial charge is 0.494 e. The molecule has 0 fully saturated rings. The van der Waals surface area contributed by atoms with Crippen LogP contribution in [0.25, 0.3) is 11.1 Å². The molecule has 0 N–H and O–H groups in total. The Bertz CT molecular complexity index is 512. The third-order valence-corrected chi connectivity index (χ3v) is 3.00. The van der Waals surface area contributed by atoms with Crippen molar-refractivity contribution in [2.24, 2.45) is 0 Å². The molecule has 0 aliphatic rings. The third-order valence-electron chi connectivity index (χ3n) is 3.00. The monoisotopic (exact) mass is 254 g/mol. The zero-order valence-corrected chi connectivity index (χ0v) is 11.1. The minimum Gasteiger partial charge on any atom is -0.494 e. The molecule has 0 aliphatic carbocycles. The van der Waals surface area contributed by atoms with Crippen LogP contribution in [0, 0.1) is 0 Å². The van der Waals surface area contributed by atoms with Gasteiger partial charge in [0.25, 0.3) is 0 Å². The maximum Gasteiger partial charge on any atom is 0.150 e. The lowest BCUT2D eigenvalue weighted by molar-refractivity contribution is 0.112. The Balaban J connectivity index is 2.06.